The molecule has 0 saturated carbocycles. The molecule has 0 aromatic heterocycles. The number of aliphatic carboxylic acids is 1. The summed E-state index contributed by atoms with van der Waals surface area (Å²) in [6, 6.07) is 7.35. The molecule has 0 fully saturated rings. The zero-order valence-corrected chi connectivity index (χ0v) is 13.2. The van der Waals surface area contributed by atoms with Crippen molar-refractivity contribution >= 4 is 17.7 Å². The smallest absolute Gasteiger partial charge is 0.324 e. The molecule has 0 atom stereocenters. The highest BCUT2D eigenvalue weighted by molar-refractivity contribution is 5.93. The third-order valence-corrected chi connectivity index (χ3v) is 3.15. The Labute approximate surface area is 126 Å². The summed E-state index contributed by atoms with van der Waals surface area (Å²) in [4.78, 5) is 26.6. The minimum atomic E-state index is -0.909. The van der Waals surface area contributed by atoms with Gasteiger partial charge in [0.05, 0.1) is 6.42 Å². The van der Waals surface area contributed by atoms with Crippen LogP contribution in [-0.2, 0) is 4.79 Å². The van der Waals surface area contributed by atoms with Gasteiger partial charge in [0.1, 0.15) is 0 Å². The van der Waals surface area contributed by atoms with Crippen LogP contribution in [0.2, 0.25) is 0 Å². The van der Waals surface area contributed by atoms with Crippen molar-refractivity contribution in [2.24, 2.45) is 5.92 Å². The first-order valence-corrected chi connectivity index (χ1v) is 7.13. The number of anilines is 1. The Morgan fingerprint density at radius 2 is 1.86 bits per heavy atom. The molecular weight excluding hydrogens is 268 g/mol. The first kappa shape index (κ1) is 17.0. The molecule has 1 rings (SSSR count). The molecule has 1 N–H and O–H groups in total. The fraction of sp³-hybridized carbons (Fsp3) is 0.500. The molecule has 1 aromatic carbocycles. The summed E-state index contributed by atoms with van der Waals surface area (Å²) < 4.78 is 0. The fourth-order valence-corrected chi connectivity index (χ4v) is 2.22. The zero-order chi connectivity index (χ0) is 16.0. The van der Waals surface area contributed by atoms with Gasteiger partial charge in [-0.1, -0.05) is 32.0 Å². The first-order chi connectivity index (χ1) is 9.82. The van der Waals surface area contributed by atoms with Crippen LogP contribution >= 0.6 is 0 Å². The second-order valence-corrected chi connectivity index (χ2v) is 5.64. The van der Waals surface area contributed by atoms with Gasteiger partial charge >= 0.3 is 12.0 Å². The van der Waals surface area contributed by atoms with Crippen LogP contribution in [0, 0.1) is 12.8 Å². The van der Waals surface area contributed by atoms with Gasteiger partial charge in [-0.15, -0.1) is 0 Å². The van der Waals surface area contributed by atoms with Crippen LogP contribution < -0.4 is 4.90 Å². The summed E-state index contributed by atoms with van der Waals surface area (Å²) in [5.41, 5.74) is 1.72. The number of nitrogens with zero attached hydrogens (tertiary/aromatic N) is 2. The Morgan fingerprint density at radius 3 is 2.38 bits per heavy atom. The number of benzene rings is 1. The number of carbonyl (C=O) groups is 2. The van der Waals surface area contributed by atoms with E-state index >= 15 is 0 Å². The lowest BCUT2D eigenvalue weighted by Gasteiger charge is -2.30. The summed E-state index contributed by atoms with van der Waals surface area (Å²) >= 11 is 0. The molecule has 1 aromatic rings. The molecule has 2 amide bonds. The summed E-state index contributed by atoms with van der Waals surface area (Å²) in [6.45, 7) is 6.80. The SMILES string of the molecule is Cc1ccccc1N(CCC(=O)O)C(=O)N(C)CC(C)C. The molecule has 0 bridgehead atoms. The highest BCUT2D eigenvalue weighted by Crippen LogP contribution is 2.21. The molecule has 0 saturated heterocycles. The molecular formula is C16H24N2O3. The number of carboxylic acids is 1. The molecule has 0 heterocycles. The predicted octanol–water partition coefficient (Wildman–Crippen LogP) is 2.98. The lowest BCUT2D eigenvalue weighted by Crippen LogP contribution is -2.44. The average Bonchev–Trinajstić information content (AvgIpc) is 2.39. The molecule has 0 aliphatic heterocycles. The van der Waals surface area contributed by atoms with E-state index in [9.17, 15) is 9.59 Å². The van der Waals surface area contributed by atoms with Gasteiger partial charge in [-0.2, -0.15) is 0 Å². The van der Waals surface area contributed by atoms with E-state index in [1.807, 2.05) is 45.0 Å². The van der Waals surface area contributed by atoms with Crippen molar-refractivity contribution in [2.45, 2.75) is 27.2 Å². The monoisotopic (exact) mass is 292 g/mol. The van der Waals surface area contributed by atoms with Crippen LogP contribution in [0.15, 0.2) is 24.3 Å². The lowest BCUT2D eigenvalue weighted by atomic mass is 10.1. The summed E-state index contributed by atoms with van der Waals surface area (Å²) in [5, 5.41) is 8.89. The second kappa shape index (κ2) is 7.67. The van der Waals surface area contributed by atoms with Crippen molar-refractivity contribution in [1.82, 2.24) is 4.90 Å². The minimum Gasteiger partial charge on any atom is -0.481 e. The number of hydrogen-bond acceptors (Lipinski definition) is 2. The maximum absolute atomic E-state index is 12.6. The standard InChI is InChI=1S/C16H24N2O3/c1-12(2)11-17(4)16(21)18(10-9-15(19)20)14-8-6-5-7-13(14)3/h5-8,12H,9-11H2,1-4H3,(H,19,20). The van der Waals surface area contributed by atoms with Gasteiger partial charge in [-0.05, 0) is 24.5 Å². The average molecular weight is 292 g/mol. The zero-order valence-electron chi connectivity index (χ0n) is 13.2. The van der Waals surface area contributed by atoms with Gasteiger partial charge in [0, 0.05) is 25.8 Å². The molecule has 5 heteroatoms. The van der Waals surface area contributed by atoms with Gasteiger partial charge in [0.15, 0.2) is 0 Å². The van der Waals surface area contributed by atoms with Crippen molar-refractivity contribution in [3.05, 3.63) is 29.8 Å². The summed E-state index contributed by atoms with van der Waals surface area (Å²) in [7, 11) is 1.74. The van der Waals surface area contributed by atoms with E-state index < -0.39 is 5.97 Å². The molecule has 116 valence electrons. The Hall–Kier alpha value is -2.04. The van der Waals surface area contributed by atoms with Crippen molar-refractivity contribution in [2.75, 3.05) is 25.0 Å². The topological polar surface area (TPSA) is 60.9 Å². The highest BCUT2D eigenvalue weighted by Gasteiger charge is 2.22. The predicted molar refractivity (Wildman–Crippen MR) is 83.6 cm³/mol. The molecule has 21 heavy (non-hydrogen) atoms. The van der Waals surface area contributed by atoms with Crippen LogP contribution in [0.5, 0.6) is 0 Å². The second-order valence-electron chi connectivity index (χ2n) is 5.64. The summed E-state index contributed by atoms with van der Waals surface area (Å²) in [6.07, 6.45) is -0.0738. The van der Waals surface area contributed by atoms with E-state index in [0.717, 1.165) is 11.3 Å². The number of carboxylic acid groups (broad SMARTS) is 1. The Kier molecular flexibility index (Phi) is 6.21. The van der Waals surface area contributed by atoms with E-state index in [4.69, 9.17) is 5.11 Å². The van der Waals surface area contributed by atoms with E-state index in [-0.39, 0.29) is 19.0 Å². The Morgan fingerprint density at radius 1 is 1.24 bits per heavy atom. The normalized spacial score (nSPS) is 10.5. The minimum absolute atomic E-state index is 0.0738. The third kappa shape index (κ3) is 5.10. The molecule has 0 spiro atoms. The van der Waals surface area contributed by atoms with Crippen molar-refractivity contribution < 1.29 is 14.7 Å². The van der Waals surface area contributed by atoms with Crippen LogP contribution in [0.1, 0.15) is 25.8 Å². The Bertz CT molecular complexity index is 500. The molecule has 0 unspecified atom stereocenters. The van der Waals surface area contributed by atoms with Crippen LogP contribution in [0.25, 0.3) is 0 Å². The van der Waals surface area contributed by atoms with Crippen molar-refractivity contribution in [3.8, 4) is 0 Å². The third-order valence-electron chi connectivity index (χ3n) is 3.15. The van der Waals surface area contributed by atoms with E-state index in [2.05, 4.69) is 0 Å². The fourth-order valence-electron chi connectivity index (χ4n) is 2.22. The number of hydrogen-bond donors (Lipinski definition) is 1. The van der Waals surface area contributed by atoms with Gasteiger partial charge in [-0.25, -0.2) is 4.79 Å². The van der Waals surface area contributed by atoms with Crippen LogP contribution in [0.4, 0.5) is 10.5 Å². The van der Waals surface area contributed by atoms with Crippen molar-refractivity contribution in [1.29, 1.82) is 0 Å². The van der Waals surface area contributed by atoms with Gasteiger partial charge < -0.3 is 10.0 Å². The number of aryl methyl sites for hydroxylation is 1. The molecule has 5 nitrogen and oxygen atoms in total. The van der Waals surface area contributed by atoms with Crippen molar-refractivity contribution in [3.63, 3.8) is 0 Å². The van der Waals surface area contributed by atoms with Gasteiger partial charge in [-0.3, -0.25) is 9.69 Å². The van der Waals surface area contributed by atoms with E-state index in [0.29, 0.717) is 12.5 Å². The maximum Gasteiger partial charge on any atom is 0.324 e. The Balaban J connectivity index is 2.99. The number of para-hydroxylation sites is 1. The first-order valence-electron chi connectivity index (χ1n) is 7.13. The van der Waals surface area contributed by atoms with E-state index in [1.165, 1.54) is 0 Å². The number of rotatable bonds is 6. The molecule has 0 aliphatic rings. The quantitative estimate of drug-likeness (QED) is 0.876. The van der Waals surface area contributed by atoms with Gasteiger partial charge in [0.25, 0.3) is 0 Å². The lowest BCUT2D eigenvalue weighted by molar-refractivity contribution is -0.136. The summed E-state index contributed by atoms with van der Waals surface area (Å²) in [5.74, 6) is -0.551. The van der Waals surface area contributed by atoms with E-state index in [1.54, 1.807) is 16.8 Å². The van der Waals surface area contributed by atoms with Crippen LogP contribution in [-0.4, -0.2) is 42.1 Å². The van der Waals surface area contributed by atoms with Gasteiger partial charge in [0.2, 0.25) is 0 Å². The molecule has 0 aliphatic carbocycles. The largest absolute Gasteiger partial charge is 0.481 e. The number of amides is 2. The highest BCUT2D eigenvalue weighted by atomic mass is 16.4. The molecule has 0 radical (unpaired) electrons. The number of carbonyl (C=O) groups excluding carboxylic acids is 1. The number of urea groups is 1. The maximum atomic E-state index is 12.6. The van der Waals surface area contributed by atoms with Crippen LogP contribution in [0.3, 0.4) is 0 Å².